The first kappa shape index (κ1) is 11.1. The van der Waals surface area contributed by atoms with Crippen LogP contribution in [0.5, 0.6) is 0 Å². The average molecular weight is 224 g/mol. The summed E-state index contributed by atoms with van der Waals surface area (Å²) in [7, 11) is 0. The molecule has 1 aliphatic rings. The Hall–Kier alpha value is -2.35. The van der Waals surface area contributed by atoms with Crippen LogP contribution in [0.1, 0.15) is 11.3 Å². The highest BCUT2D eigenvalue weighted by atomic mass is 16.4. The number of fused-ring (bicyclic) bond motifs is 1. The van der Waals surface area contributed by atoms with Gasteiger partial charge in [-0.05, 0) is 12.1 Å². The molecule has 1 heterocycles. The average Bonchev–Trinajstić information content (AvgIpc) is 2.31. The van der Waals surface area contributed by atoms with Crippen LogP contribution in [0.3, 0.4) is 0 Å². The molecule has 0 fully saturated rings. The van der Waals surface area contributed by atoms with Gasteiger partial charge < -0.3 is 4.42 Å². The standard InChI is InChI=1S/C15H12O2/c16-15-12-11-13-9-7-5-3-1-2-4-6-8-10-14(13)17-15/h1-12H. The highest BCUT2D eigenvalue weighted by molar-refractivity contribution is 5.62. The Morgan fingerprint density at radius 2 is 1.29 bits per heavy atom. The molecule has 1 aliphatic carbocycles. The first-order chi connectivity index (χ1) is 8.36. The zero-order valence-corrected chi connectivity index (χ0v) is 9.24. The van der Waals surface area contributed by atoms with Gasteiger partial charge in [0.1, 0.15) is 5.76 Å². The number of hydrogen-bond donors (Lipinski definition) is 0. The molecule has 0 saturated heterocycles. The van der Waals surface area contributed by atoms with Gasteiger partial charge in [0.15, 0.2) is 0 Å². The molecule has 2 rings (SSSR count). The Balaban J connectivity index is 2.47. The van der Waals surface area contributed by atoms with Crippen LogP contribution in [0.15, 0.2) is 70.0 Å². The first-order valence-electron chi connectivity index (χ1n) is 5.35. The third kappa shape index (κ3) is 3.31. The number of hydrogen-bond acceptors (Lipinski definition) is 2. The molecule has 1 aromatic rings. The maximum Gasteiger partial charge on any atom is 0.336 e. The van der Waals surface area contributed by atoms with Gasteiger partial charge in [-0.2, -0.15) is 0 Å². The van der Waals surface area contributed by atoms with Gasteiger partial charge in [-0.3, -0.25) is 0 Å². The molecule has 1 aromatic heterocycles. The highest BCUT2D eigenvalue weighted by Gasteiger charge is 1.98. The summed E-state index contributed by atoms with van der Waals surface area (Å²) >= 11 is 0. The molecule has 84 valence electrons. The van der Waals surface area contributed by atoms with Crippen molar-refractivity contribution in [3.8, 4) is 0 Å². The molecule has 2 nitrogen and oxygen atoms in total. The lowest BCUT2D eigenvalue weighted by atomic mass is 10.2. The summed E-state index contributed by atoms with van der Waals surface area (Å²) in [5, 5.41) is 0. The van der Waals surface area contributed by atoms with Crippen LogP contribution in [0.2, 0.25) is 0 Å². The molecule has 0 bridgehead atoms. The molecule has 0 unspecified atom stereocenters. The maximum atomic E-state index is 11.1. The number of rotatable bonds is 0. The Morgan fingerprint density at radius 1 is 0.706 bits per heavy atom. The van der Waals surface area contributed by atoms with E-state index in [-0.39, 0.29) is 5.63 Å². The van der Waals surface area contributed by atoms with Crippen molar-refractivity contribution in [2.75, 3.05) is 0 Å². The van der Waals surface area contributed by atoms with Gasteiger partial charge in [-0.25, -0.2) is 4.79 Å². The van der Waals surface area contributed by atoms with E-state index in [0.29, 0.717) is 5.76 Å². The Bertz CT molecular complexity index is 581. The molecule has 2 heteroatoms. The van der Waals surface area contributed by atoms with Gasteiger partial charge >= 0.3 is 5.63 Å². The molecule has 0 amide bonds. The largest absolute Gasteiger partial charge is 0.423 e. The van der Waals surface area contributed by atoms with Gasteiger partial charge in [0, 0.05) is 11.6 Å². The van der Waals surface area contributed by atoms with Crippen LogP contribution >= 0.6 is 0 Å². The van der Waals surface area contributed by atoms with Crippen molar-refractivity contribution in [2.45, 2.75) is 0 Å². The minimum Gasteiger partial charge on any atom is -0.423 e. The van der Waals surface area contributed by atoms with Crippen molar-refractivity contribution < 1.29 is 4.42 Å². The zero-order valence-electron chi connectivity index (χ0n) is 9.24. The summed E-state index contributed by atoms with van der Waals surface area (Å²) in [5.74, 6) is 0.566. The van der Waals surface area contributed by atoms with Crippen LogP contribution in [0.4, 0.5) is 0 Å². The van der Waals surface area contributed by atoms with E-state index < -0.39 is 0 Å². The molecule has 0 aliphatic heterocycles. The Morgan fingerprint density at radius 3 is 2.00 bits per heavy atom. The smallest absolute Gasteiger partial charge is 0.336 e. The lowest BCUT2D eigenvalue weighted by molar-refractivity contribution is 0.500. The van der Waals surface area contributed by atoms with Gasteiger partial charge in [0.25, 0.3) is 0 Å². The summed E-state index contributed by atoms with van der Waals surface area (Å²) in [4.78, 5) is 11.1. The summed E-state index contributed by atoms with van der Waals surface area (Å²) in [6.45, 7) is 0. The van der Waals surface area contributed by atoms with Crippen molar-refractivity contribution in [3.05, 3.63) is 82.5 Å². The molecule has 0 saturated carbocycles. The van der Waals surface area contributed by atoms with E-state index in [4.69, 9.17) is 4.42 Å². The quantitative estimate of drug-likeness (QED) is 0.676. The van der Waals surface area contributed by atoms with Gasteiger partial charge in [0.05, 0.1) is 0 Å². The number of allylic oxidation sites excluding steroid dienone is 8. The molecule has 0 atom stereocenters. The first-order valence-corrected chi connectivity index (χ1v) is 5.35. The van der Waals surface area contributed by atoms with Crippen molar-refractivity contribution in [1.82, 2.24) is 0 Å². The molecule has 0 N–H and O–H groups in total. The van der Waals surface area contributed by atoms with Crippen LogP contribution in [-0.4, -0.2) is 0 Å². The molecule has 17 heavy (non-hydrogen) atoms. The molecule has 0 aromatic carbocycles. The molecular formula is C15H12O2. The summed E-state index contributed by atoms with van der Waals surface area (Å²) in [5.41, 5.74) is 0.539. The van der Waals surface area contributed by atoms with Crippen LogP contribution in [-0.2, 0) is 0 Å². The molecule has 0 spiro atoms. The van der Waals surface area contributed by atoms with E-state index in [1.165, 1.54) is 6.07 Å². The fourth-order valence-electron chi connectivity index (χ4n) is 1.40. The van der Waals surface area contributed by atoms with Crippen LogP contribution in [0.25, 0.3) is 12.2 Å². The normalized spacial score (nSPS) is 14.1. The van der Waals surface area contributed by atoms with E-state index >= 15 is 0 Å². The van der Waals surface area contributed by atoms with E-state index in [1.54, 1.807) is 12.1 Å². The second-order valence-electron chi connectivity index (χ2n) is 3.45. The lowest BCUT2D eigenvalue weighted by Gasteiger charge is -1.97. The van der Waals surface area contributed by atoms with Crippen molar-refractivity contribution in [1.29, 1.82) is 0 Å². The van der Waals surface area contributed by atoms with Crippen molar-refractivity contribution in [3.63, 3.8) is 0 Å². The van der Waals surface area contributed by atoms with Gasteiger partial charge in [-0.1, -0.05) is 54.7 Å². The summed E-state index contributed by atoms with van der Waals surface area (Å²) in [6, 6.07) is 3.17. The minimum absolute atomic E-state index is 0.340. The van der Waals surface area contributed by atoms with Gasteiger partial charge in [0.2, 0.25) is 0 Å². The lowest BCUT2D eigenvalue weighted by Crippen LogP contribution is -1.97. The predicted molar refractivity (Wildman–Crippen MR) is 70.5 cm³/mol. The second kappa shape index (κ2) is 5.66. The molecular weight excluding hydrogens is 212 g/mol. The molecule has 0 radical (unpaired) electrons. The predicted octanol–water partition coefficient (Wildman–Crippen LogP) is 3.35. The Kier molecular flexibility index (Phi) is 3.71. The Labute approximate surface area is 99.6 Å². The van der Waals surface area contributed by atoms with E-state index in [9.17, 15) is 4.79 Å². The van der Waals surface area contributed by atoms with Gasteiger partial charge in [-0.15, -0.1) is 0 Å². The van der Waals surface area contributed by atoms with Crippen molar-refractivity contribution in [2.24, 2.45) is 0 Å². The van der Waals surface area contributed by atoms with E-state index in [0.717, 1.165) is 5.56 Å². The zero-order chi connectivity index (χ0) is 11.9. The third-order valence-corrected chi connectivity index (χ3v) is 2.20. The summed E-state index contributed by atoms with van der Waals surface area (Å²) in [6.07, 6.45) is 18.9. The highest BCUT2D eigenvalue weighted by Crippen LogP contribution is 2.11. The van der Waals surface area contributed by atoms with Crippen LogP contribution < -0.4 is 5.63 Å². The van der Waals surface area contributed by atoms with Crippen molar-refractivity contribution >= 4 is 12.2 Å². The van der Waals surface area contributed by atoms with Crippen LogP contribution in [0, 0.1) is 0 Å². The second-order valence-corrected chi connectivity index (χ2v) is 3.45. The summed E-state index contributed by atoms with van der Waals surface area (Å²) < 4.78 is 5.13. The topological polar surface area (TPSA) is 30.2 Å². The third-order valence-electron chi connectivity index (χ3n) is 2.20. The minimum atomic E-state index is -0.340. The monoisotopic (exact) mass is 224 g/mol. The van der Waals surface area contributed by atoms with E-state index in [1.807, 2.05) is 54.7 Å². The SMILES string of the molecule is O=c1ccc2c(o1)C=CC=CC=CC=CC=C2. The maximum absolute atomic E-state index is 11.1. The fraction of sp³-hybridized carbons (Fsp3) is 0. The fourth-order valence-corrected chi connectivity index (χ4v) is 1.40. The van der Waals surface area contributed by atoms with E-state index in [2.05, 4.69) is 0 Å².